The third kappa shape index (κ3) is 6.84. The van der Waals surface area contributed by atoms with Gasteiger partial charge in [0.05, 0.1) is 0 Å². The molecule has 3 aromatic rings. The van der Waals surface area contributed by atoms with Crippen molar-refractivity contribution in [1.82, 2.24) is 4.98 Å². The van der Waals surface area contributed by atoms with Crippen molar-refractivity contribution in [2.75, 3.05) is 4.90 Å². The summed E-state index contributed by atoms with van der Waals surface area (Å²) < 4.78 is 0. The SMILES string of the molecule is C=CC(=NC(=C)C(=[C-]/C=C\C)CC)N(c1ccccc1)c1cccc(-c2[c-]cccc2)n1.[Pt+2]. The van der Waals surface area contributed by atoms with Gasteiger partial charge in [0.2, 0.25) is 0 Å². The number of anilines is 2. The second kappa shape index (κ2) is 13.3. The topological polar surface area (TPSA) is 28.5 Å². The van der Waals surface area contributed by atoms with Crippen LogP contribution in [0.3, 0.4) is 0 Å². The van der Waals surface area contributed by atoms with Crippen LogP contribution in [0.2, 0.25) is 0 Å². The van der Waals surface area contributed by atoms with Crippen molar-refractivity contribution >= 4 is 17.3 Å². The molecule has 168 valence electrons. The average Bonchev–Trinajstić information content (AvgIpc) is 2.85. The molecule has 0 aliphatic carbocycles. The maximum atomic E-state index is 4.91. The zero-order chi connectivity index (χ0) is 22.8. The van der Waals surface area contributed by atoms with Gasteiger partial charge in [0.1, 0.15) is 11.7 Å². The number of amidine groups is 1. The number of hydrogen-bond acceptors (Lipinski definition) is 2. The summed E-state index contributed by atoms with van der Waals surface area (Å²) >= 11 is 0. The number of rotatable bonds is 8. The molecule has 3 nitrogen and oxygen atoms in total. The first-order valence-electron chi connectivity index (χ1n) is 10.6. The fourth-order valence-electron chi connectivity index (χ4n) is 3.18. The van der Waals surface area contributed by atoms with Crippen LogP contribution in [-0.4, -0.2) is 10.8 Å². The van der Waals surface area contributed by atoms with Crippen LogP contribution in [-0.2, 0) is 21.1 Å². The van der Waals surface area contributed by atoms with Crippen LogP contribution in [0.15, 0.2) is 120 Å². The molecule has 0 fully saturated rings. The van der Waals surface area contributed by atoms with Gasteiger partial charge in [-0.05, 0) is 35.7 Å². The molecule has 1 heterocycles. The zero-order valence-electron chi connectivity index (χ0n) is 18.9. The van der Waals surface area contributed by atoms with E-state index in [1.165, 1.54) is 0 Å². The molecule has 0 N–H and O–H groups in total. The summed E-state index contributed by atoms with van der Waals surface area (Å²) in [7, 11) is 0. The number of hydrogen-bond donors (Lipinski definition) is 0. The molecular formula is C29H27N3Pt. The Labute approximate surface area is 211 Å². The average molecular weight is 613 g/mol. The standard InChI is InChI=1S/C29H27N3.Pt/c1-5-8-16-24(6-2)23(4)30-28(7-3)32(26-19-13-10-14-20-26)29-22-15-21-27(31-29)25-17-11-9-12-18-25;/h5,7-15,17,19-22H,3-4,6H2,1-2H3;/q-2;+2/b8-5-,30-28?;. The van der Waals surface area contributed by atoms with Gasteiger partial charge in [0.15, 0.2) is 0 Å². The van der Waals surface area contributed by atoms with Gasteiger partial charge in [0, 0.05) is 5.69 Å². The first kappa shape index (κ1) is 26.0. The Morgan fingerprint density at radius 3 is 2.48 bits per heavy atom. The fraction of sp³-hybridized carbons (Fsp3) is 0.103. The summed E-state index contributed by atoms with van der Waals surface area (Å²) in [5.74, 6) is 1.37. The van der Waals surface area contributed by atoms with Gasteiger partial charge in [0.25, 0.3) is 0 Å². The Balaban J connectivity index is 0.00000385. The van der Waals surface area contributed by atoms with E-state index in [-0.39, 0.29) is 21.1 Å². The number of benzene rings is 2. The maximum Gasteiger partial charge on any atom is 2.00 e. The summed E-state index contributed by atoms with van der Waals surface area (Å²) in [4.78, 5) is 11.7. The maximum absolute atomic E-state index is 4.91. The number of allylic oxidation sites excluding steroid dienone is 4. The Kier molecular flexibility index (Phi) is 10.5. The van der Waals surface area contributed by atoms with Crippen molar-refractivity contribution in [3.63, 3.8) is 0 Å². The van der Waals surface area contributed by atoms with E-state index < -0.39 is 0 Å². The molecular weight excluding hydrogens is 585 g/mol. The summed E-state index contributed by atoms with van der Waals surface area (Å²) in [5, 5.41) is 0. The van der Waals surface area contributed by atoms with E-state index >= 15 is 0 Å². The predicted octanol–water partition coefficient (Wildman–Crippen LogP) is 7.50. The summed E-state index contributed by atoms with van der Waals surface area (Å²) in [6.07, 6.45) is 9.57. The van der Waals surface area contributed by atoms with Gasteiger partial charge < -0.3 is 0 Å². The van der Waals surface area contributed by atoms with Crippen molar-refractivity contribution in [3.05, 3.63) is 128 Å². The Hall–Kier alpha value is -3.29. The molecule has 4 heteroatoms. The number of para-hydroxylation sites is 1. The molecule has 1 aromatic heterocycles. The third-order valence-corrected chi connectivity index (χ3v) is 4.75. The fourth-order valence-corrected chi connectivity index (χ4v) is 3.18. The predicted molar refractivity (Wildman–Crippen MR) is 136 cm³/mol. The van der Waals surface area contributed by atoms with E-state index in [1.807, 2.05) is 96.8 Å². The molecule has 0 amide bonds. The van der Waals surface area contributed by atoms with Crippen LogP contribution in [0.25, 0.3) is 11.3 Å². The molecule has 0 bridgehead atoms. The minimum Gasteiger partial charge on any atom is -0.297 e. The molecule has 0 radical (unpaired) electrons. The van der Waals surface area contributed by atoms with E-state index in [9.17, 15) is 0 Å². The van der Waals surface area contributed by atoms with Gasteiger partial charge >= 0.3 is 21.1 Å². The van der Waals surface area contributed by atoms with Crippen LogP contribution >= 0.6 is 0 Å². The van der Waals surface area contributed by atoms with Gasteiger partial charge in [-0.1, -0.05) is 57.2 Å². The third-order valence-electron chi connectivity index (χ3n) is 4.75. The zero-order valence-corrected chi connectivity index (χ0v) is 21.2. The number of aromatic nitrogens is 1. The Bertz CT molecular complexity index is 1150. The monoisotopic (exact) mass is 612 g/mol. The van der Waals surface area contributed by atoms with E-state index in [1.54, 1.807) is 6.08 Å². The molecule has 2 aromatic carbocycles. The molecule has 0 unspecified atom stereocenters. The summed E-state index contributed by atoms with van der Waals surface area (Å²) in [5.41, 5.74) is 4.29. The van der Waals surface area contributed by atoms with Crippen LogP contribution in [0, 0.1) is 12.1 Å². The molecule has 0 saturated carbocycles. The van der Waals surface area contributed by atoms with Crippen LogP contribution in [0.5, 0.6) is 0 Å². The van der Waals surface area contributed by atoms with Gasteiger partial charge in [-0.15, -0.1) is 48.0 Å². The first-order chi connectivity index (χ1) is 15.7. The molecule has 0 atom stereocenters. The van der Waals surface area contributed by atoms with Crippen LogP contribution in [0.4, 0.5) is 11.5 Å². The molecule has 0 spiro atoms. The molecule has 33 heavy (non-hydrogen) atoms. The number of aliphatic imine (C=N–C) groups is 1. The van der Waals surface area contributed by atoms with Crippen LogP contribution < -0.4 is 4.90 Å². The van der Waals surface area contributed by atoms with Crippen molar-refractivity contribution in [3.8, 4) is 11.3 Å². The minimum atomic E-state index is 0. The van der Waals surface area contributed by atoms with Crippen LogP contribution in [0.1, 0.15) is 20.3 Å². The van der Waals surface area contributed by atoms with Crippen molar-refractivity contribution in [2.45, 2.75) is 20.3 Å². The normalized spacial score (nSPS) is 11.7. The van der Waals surface area contributed by atoms with Gasteiger partial charge in [-0.25, -0.2) is 0 Å². The molecule has 0 saturated heterocycles. The van der Waals surface area contributed by atoms with Crippen molar-refractivity contribution in [2.24, 2.45) is 4.99 Å². The summed E-state index contributed by atoms with van der Waals surface area (Å²) in [6, 6.07) is 27.0. The molecule has 0 aliphatic heterocycles. The summed E-state index contributed by atoms with van der Waals surface area (Å²) in [6.45, 7) is 12.2. The van der Waals surface area contributed by atoms with E-state index in [0.717, 1.165) is 34.8 Å². The van der Waals surface area contributed by atoms with Gasteiger partial charge in [-0.2, -0.15) is 18.2 Å². The minimum absolute atomic E-state index is 0. The number of nitrogens with zero attached hydrogens (tertiary/aromatic N) is 3. The Morgan fingerprint density at radius 1 is 1.09 bits per heavy atom. The Morgan fingerprint density at radius 2 is 1.85 bits per heavy atom. The molecule has 3 rings (SSSR count). The van der Waals surface area contributed by atoms with Crippen molar-refractivity contribution in [1.29, 1.82) is 0 Å². The van der Waals surface area contributed by atoms with Gasteiger partial charge in [-0.3, -0.25) is 14.9 Å². The first-order valence-corrected chi connectivity index (χ1v) is 10.6. The number of pyridine rings is 1. The largest absolute Gasteiger partial charge is 2.00 e. The van der Waals surface area contributed by atoms with E-state index in [0.29, 0.717) is 11.5 Å². The quantitative estimate of drug-likeness (QED) is 0.114. The molecule has 0 aliphatic rings. The van der Waals surface area contributed by atoms with Crippen molar-refractivity contribution < 1.29 is 21.1 Å². The smallest absolute Gasteiger partial charge is 0.297 e. The second-order valence-corrected chi connectivity index (χ2v) is 6.93. The van der Waals surface area contributed by atoms with E-state index in [4.69, 9.17) is 9.98 Å². The second-order valence-electron chi connectivity index (χ2n) is 6.93. The van der Waals surface area contributed by atoms with E-state index in [2.05, 4.69) is 32.2 Å².